The molecule has 7 nitrogen and oxygen atoms in total. The number of benzene rings is 1. The number of hydrogen-bond donors (Lipinski definition) is 1. The van der Waals surface area contributed by atoms with E-state index in [1.54, 1.807) is 54.9 Å². The standard InChI is InChI=1S/C21H16N4O3/c1-13-18(14(2)28-23-13)19-20(26)24-10-4-3-5-17(24)25(21(19)27)12-16-8-6-15(11-22)7-9-16/h3-10H,12H2,1-2H3/p+1. The lowest BCUT2D eigenvalue weighted by Gasteiger charge is -2.10. The highest BCUT2D eigenvalue weighted by Crippen LogP contribution is 2.29. The maximum absolute atomic E-state index is 13.1. The van der Waals surface area contributed by atoms with Crippen LogP contribution in [0.15, 0.2) is 58.0 Å². The van der Waals surface area contributed by atoms with Crippen molar-refractivity contribution < 1.29 is 14.2 Å². The predicted molar refractivity (Wildman–Crippen MR) is 101 cm³/mol. The molecule has 0 unspecified atom stereocenters. The monoisotopic (exact) mass is 373 g/mol. The molecule has 1 aromatic carbocycles. The van der Waals surface area contributed by atoms with Crippen molar-refractivity contribution in [3.63, 3.8) is 0 Å². The summed E-state index contributed by atoms with van der Waals surface area (Å²) in [5.41, 5.74) is 2.81. The van der Waals surface area contributed by atoms with Crippen molar-refractivity contribution in [1.29, 1.82) is 5.26 Å². The molecular formula is C21H17N4O3+. The molecule has 0 fully saturated rings. The third-order valence-electron chi connectivity index (χ3n) is 4.73. The smallest absolute Gasteiger partial charge is 0.354 e. The fourth-order valence-electron chi connectivity index (χ4n) is 3.37. The zero-order valence-electron chi connectivity index (χ0n) is 15.4. The van der Waals surface area contributed by atoms with Crippen LogP contribution in [-0.2, 0) is 6.54 Å². The number of aromatic nitrogens is 3. The number of aromatic hydroxyl groups is 1. The summed E-state index contributed by atoms with van der Waals surface area (Å²) >= 11 is 0. The first kappa shape index (κ1) is 17.5. The summed E-state index contributed by atoms with van der Waals surface area (Å²) in [6.07, 6.45) is 1.66. The Bertz CT molecular complexity index is 1270. The lowest BCUT2D eigenvalue weighted by Crippen LogP contribution is -2.41. The van der Waals surface area contributed by atoms with E-state index in [0.29, 0.717) is 34.8 Å². The van der Waals surface area contributed by atoms with Crippen molar-refractivity contribution in [3.05, 3.63) is 81.6 Å². The molecule has 0 saturated carbocycles. The summed E-state index contributed by atoms with van der Waals surface area (Å²) in [5, 5.41) is 24.0. The van der Waals surface area contributed by atoms with E-state index in [1.165, 1.54) is 4.40 Å². The van der Waals surface area contributed by atoms with E-state index in [2.05, 4.69) is 11.2 Å². The van der Waals surface area contributed by atoms with Gasteiger partial charge in [-0.2, -0.15) is 14.2 Å². The zero-order valence-corrected chi connectivity index (χ0v) is 15.4. The molecule has 0 saturated heterocycles. The molecule has 0 aliphatic heterocycles. The van der Waals surface area contributed by atoms with Crippen LogP contribution in [-0.4, -0.2) is 14.7 Å². The van der Waals surface area contributed by atoms with Crippen LogP contribution in [0.1, 0.15) is 22.6 Å². The van der Waals surface area contributed by atoms with Crippen molar-refractivity contribution in [3.8, 4) is 23.1 Å². The van der Waals surface area contributed by atoms with E-state index < -0.39 is 0 Å². The first-order chi connectivity index (χ1) is 13.5. The van der Waals surface area contributed by atoms with Crippen LogP contribution >= 0.6 is 0 Å². The summed E-state index contributed by atoms with van der Waals surface area (Å²) < 4.78 is 8.35. The molecule has 4 aromatic rings. The third-order valence-corrected chi connectivity index (χ3v) is 4.73. The summed E-state index contributed by atoms with van der Waals surface area (Å²) in [4.78, 5) is 13.1. The minimum Gasteiger partial charge on any atom is -0.477 e. The first-order valence-electron chi connectivity index (χ1n) is 8.69. The van der Waals surface area contributed by atoms with Gasteiger partial charge >= 0.3 is 5.56 Å². The highest BCUT2D eigenvalue weighted by atomic mass is 16.5. The maximum atomic E-state index is 13.1. The molecule has 0 amide bonds. The number of fused-ring (bicyclic) bond motifs is 1. The van der Waals surface area contributed by atoms with E-state index in [4.69, 9.17) is 9.78 Å². The van der Waals surface area contributed by atoms with E-state index in [9.17, 15) is 9.90 Å². The quantitative estimate of drug-likeness (QED) is 0.557. The van der Waals surface area contributed by atoms with Gasteiger partial charge in [0.1, 0.15) is 12.3 Å². The summed E-state index contributed by atoms with van der Waals surface area (Å²) in [7, 11) is 0. The molecule has 0 atom stereocenters. The van der Waals surface area contributed by atoms with E-state index >= 15 is 0 Å². The van der Waals surface area contributed by atoms with Gasteiger partial charge < -0.3 is 9.63 Å². The molecule has 28 heavy (non-hydrogen) atoms. The Balaban J connectivity index is 2.00. The average molecular weight is 373 g/mol. The molecule has 0 aliphatic rings. The molecular weight excluding hydrogens is 356 g/mol. The lowest BCUT2D eigenvalue weighted by molar-refractivity contribution is -0.671. The van der Waals surface area contributed by atoms with Crippen LogP contribution in [0.2, 0.25) is 0 Å². The largest absolute Gasteiger partial charge is 0.477 e. The minimum atomic E-state index is -0.349. The summed E-state index contributed by atoms with van der Waals surface area (Å²) in [6.45, 7) is 3.76. The second-order valence-electron chi connectivity index (χ2n) is 6.53. The summed E-state index contributed by atoms with van der Waals surface area (Å²) in [5.74, 6) is 0.306. The van der Waals surface area contributed by atoms with Crippen molar-refractivity contribution in [2.24, 2.45) is 0 Å². The SMILES string of the molecule is Cc1noc(C)c1-c1c(O)[n+](Cc2ccc(C#N)cc2)c2ccccn2c1=O. The maximum Gasteiger partial charge on any atom is 0.354 e. The second kappa shape index (κ2) is 6.67. The molecule has 3 aromatic heterocycles. The Kier molecular flexibility index (Phi) is 4.17. The lowest BCUT2D eigenvalue weighted by atomic mass is 10.1. The van der Waals surface area contributed by atoms with E-state index in [1.807, 2.05) is 12.1 Å². The molecule has 0 radical (unpaired) electrons. The number of rotatable bonds is 3. The van der Waals surface area contributed by atoms with E-state index in [0.717, 1.165) is 5.56 Å². The van der Waals surface area contributed by atoms with Gasteiger partial charge in [0.15, 0.2) is 5.56 Å². The van der Waals surface area contributed by atoms with Gasteiger partial charge in [-0.05, 0) is 37.6 Å². The number of aryl methyl sites for hydroxylation is 2. The number of nitriles is 1. The van der Waals surface area contributed by atoms with Crippen LogP contribution in [0, 0.1) is 25.2 Å². The average Bonchev–Trinajstić information content (AvgIpc) is 3.04. The van der Waals surface area contributed by atoms with Gasteiger partial charge in [-0.25, -0.2) is 4.79 Å². The number of hydrogen-bond acceptors (Lipinski definition) is 5. The van der Waals surface area contributed by atoms with Gasteiger partial charge in [0.25, 0.3) is 11.5 Å². The van der Waals surface area contributed by atoms with Crippen LogP contribution in [0.25, 0.3) is 16.8 Å². The van der Waals surface area contributed by atoms with Crippen LogP contribution in [0.4, 0.5) is 0 Å². The van der Waals surface area contributed by atoms with Gasteiger partial charge in [0.2, 0.25) is 0 Å². The van der Waals surface area contributed by atoms with Crippen molar-refractivity contribution in [2.45, 2.75) is 20.4 Å². The van der Waals surface area contributed by atoms with Crippen molar-refractivity contribution in [2.75, 3.05) is 0 Å². The Morgan fingerprint density at radius 3 is 2.57 bits per heavy atom. The highest BCUT2D eigenvalue weighted by Gasteiger charge is 2.29. The second-order valence-corrected chi connectivity index (χ2v) is 6.53. The molecule has 4 rings (SSSR count). The third kappa shape index (κ3) is 2.72. The van der Waals surface area contributed by atoms with Gasteiger partial charge in [0.05, 0.1) is 29.1 Å². The van der Waals surface area contributed by atoms with Crippen molar-refractivity contribution in [1.82, 2.24) is 9.56 Å². The van der Waals surface area contributed by atoms with Crippen molar-refractivity contribution >= 4 is 5.65 Å². The highest BCUT2D eigenvalue weighted by molar-refractivity contribution is 5.70. The van der Waals surface area contributed by atoms with E-state index in [-0.39, 0.29) is 17.0 Å². The van der Waals surface area contributed by atoms with Gasteiger partial charge in [0, 0.05) is 6.07 Å². The Morgan fingerprint density at radius 1 is 1.18 bits per heavy atom. The molecule has 1 N–H and O–H groups in total. The number of nitrogens with zero attached hydrogens (tertiary/aromatic N) is 4. The topological polar surface area (TPSA) is 95.4 Å². The van der Waals surface area contributed by atoms with Gasteiger partial charge in [-0.15, -0.1) is 0 Å². The van der Waals surface area contributed by atoms with Gasteiger partial charge in [-0.3, -0.25) is 0 Å². The normalized spacial score (nSPS) is 10.9. The first-order valence-corrected chi connectivity index (χ1v) is 8.69. The Labute approximate surface area is 160 Å². The molecule has 0 aliphatic carbocycles. The fraction of sp³-hybridized carbons (Fsp3) is 0.143. The van der Waals surface area contributed by atoms with Crippen LogP contribution in [0.3, 0.4) is 0 Å². The van der Waals surface area contributed by atoms with Crippen LogP contribution < -0.4 is 10.1 Å². The Morgan fingerprint density at radius 2 is 1.93 bits per heavy atom. The molecule has 7 heteroatoms. The molecule has 138 valence electrons. The minimum absolute atomic E-state index is 0.147. The number of pyridine rings is 1. The molecule has 3 heterocycles. The van der Waals surface area contributed by atoms with Crippen LogP contribution in [0.5, 0.6) is 5.88 Å². The molecule has 0 bridgehead atoms. The summed E-state index contributed by atoms with van der Waals surface area (Å²) in [6, 6.07) is 14.5. The zero-order chi connectivity index (χ0) is 19.8. The molecule has 0 spiro atoms. The predicted octanol–water partition coefficient (Wildman–Crippen LogP) is 2.48. The van der Waals surface area contributed by atoms with Gasteiger partial charge in [-0.1, -0.05) is 23.4 Å². The Hall–Kier alpha value is -3.92. The fourth-order valence-corrected chi connectivity index (χ4v) is 3.37.